The van der Waals surface area contributed by atoms with Crippen molar-refractivity contribution in [2.75, 3.05) is 0 Å². The predicted octanol–water partition coefficient (Wildman–Crippen LogP) is 2.87. The topological polar surface area (TPSA) is 3.88 Å². The van der Waals surface area contributed by atoms with Gasteiger partial charge in [-0.25, -0.2) is 4.57 Å². The zero-order valence-corrected chi connectivity index (χ0v) is 10.5. The van der Waals surface area contributed by atoms with Crippen LogP contribution in [0, 0.1) is 27.7 Å². The number of pyridine rings is 1. The van der Waals surface area contributed by atoms with Gasteiger partial charge in [-0.2, -0.15) is 0 Å². The van der Waals surface area contributed by atoms with Gasteiger partial charge in [0.2, 0.25) is 0 Å². The van der Waals surface area contributed by atoms with E-state index in [2.05, 4.69) is 53.2 Å². The molecule has 1 nitrogen and oxygen atoms in total. The molecule has 0 N–H and O–H groups in total. The van der Waals surface area contributed by atoms with Crippen molar-refractivity contribution in [2.24, 2.45) is 7.05 Å². The molecule has 0 saturated carbocycles. The van der Waals surface area contributed by atoms with Gasteiger partial charge >= 0.3 is 0 Å². The quantitative estimate of drug-likeness (QED) is 0.602. The summed E-state index contributed by atoms with van der Waals surface area (Å²) in [6, 6.07) is 0. The maximum Gasteiger partial charge on any atom is 0.181 e. The van der Waals surface area contributed by atoms with Crippen molar-refractivity contribution < 1.29 is 4.57 Å². The van der Waals surface area contributed by atoms with Crippen LogP contribution in [0.2, 0.25) is 0 Å². The zero-order chi connectivity index (χ0) is 11.0. The predicted molar refractivity (Wildman–Crippen MR) is 60.7 cm³/mol. The van der Waals surface area contributed by atoms with Gasteiger partial charge in [0.1, 0.15) is 7.05 Å². The lowest BCUT2D eigenvalue weighted by atomic mass is 9.91. The van der Waals surface area contributed by atoms with Crippen molar-refractivity contribution in [3.63, 3.8) is 0 Å². The summed E-state index contributed by atoms with van der Waals surface area (Å²) in [5.41, 5.74) is 7.20. The molecule has 78 valence electrons. The van der Waals surface area contributed by atoms with Gasteiger partial charge in [-0.3, -0.25) is 0 Å². The van der Waals surface area contributed by atoms with Crippen LogP contribution in [0.15, 0.2) is 0 Å². The number of aromatic nitrogens is 1. The van der Waals surface area contributed by atoms with Crippen molar-refractivity contribution in [2.45, 2.75) is 47.5 Å². The smallest absolute Gasteiger partial charge is 0.181 e. The van der Waals surface area contributed by atoms with E-state index >= 15 is 0 Å². The van der Waals surface area contributed by atoms with Crippen LogP contribution >= 0.6 is 0 Å². The highest BCUT2D eigenvalue weighted by Gasteiger charge is 2.19. The third kappa shape index (κ3) is 1.56. The van der Waals surface area contributed by atoms with Gasteiger partial charge in [-0.15, -0.1) is 0 Å². The number of nitrogens with zero attached hydrogens (tertiary/aromatic N) is 1. The van der Waals surface area contributed by atoms with Crippen molar-refractivity contribution in [1.82, 2.24) is 0 Å². The van der Waals surface area contributed by atoms with Crippen molar-refractivity contribution in [3.05, 3.63) is 28.1 Å². The normalized spacial score (nSPS) is 11.1. The zero-order valence-electron chi connectivity index (χ0n) is 10.5. The number of hydrogen-bond donors (Lipinski definition) is 0. The first-order valence-corrected chi connectivity index (χ1v) is 5.34. The fraction of sp³-hybridized carbons (Fsp3) is 0.615. The average Bonchev–Trinajstić information content (AvgIpc) is 2.11. The molecule has 0 aliphatic heterocycles. The Bertz CT molecular complexity index is 333. The van der Waals surface area contributed by atoms with E-state index < -0.39 is 0 Å². The molecule has 1 aromatic rings. The van der Waals surface area contributed by atoms with Crippen LogP contribution in [-0.4, -0.2) is 0 Å². The van der Waals surface area contributed by atoms with Crippen LogP contribution in [0.5, 0.6) is 0 Å². The molecule has 0 aliphatic rings. The summed E-state index contributed by atoms with van der Waals surface area (Å²) in [5.74, 6) is 0.619. The minimum atomic E-state index is 0.619. The van der Waals surface area contributed by atoms with E-state index in [-0.39, 0.29) is 0 Å². The second-order valence-electron chi connectivity index (χ2n) is 4.55. The third-order valence-electron chi connectivity index (χ3n) is 3.48. The van der Waals surface area contributed by atoms with E-state index in [9.17, 15) is 0 Å². The molecule has 1 rings (SSSR count). The van der Waals surface area contributed by atoms with Gasteiger partial charge in [0.05, 0.1) is 0 Å². The molecule has 0 aromatic carbocycles. The molecule has 0 atom stereocenters. The first kappa shape index (κ1) is 11.2. The minimum absolute atomic E-state index is 0.619. The summed E-state index contributed by atoms with van der Waals surface area (Å²) in [6.07, 6.45) is 0. The Morgan fingerprint density at radius 1 is 0.857 bits per heavy atom. The molecule has 14 heavy (non-hydrogen) atoms. The fourth-order valence-corrected chi connectivity index (χ4v) is 2.29. The summed E-state index contributed by atoms with van der Waals surface area (Å²) in [6.45, 7) is 13.4. The van der Waals surface area contributed by atoms with Crippen molar-refractivity contribution in [3.8, 4) is 0 Å². The monoisotopic (exact) mass is 192 g/mol. The van der Waals surface area contributed by atoms with Crippen LogP contribution in [0.3, 0.4) is 0 Å². The first-order valence-electron chi connectivity index (χ1n) is 5.34. The lowest BCUT2D eigenvalue weighted by Gasteiger charge is -2.16. The van der Waals surface area contributed by atoms with Crippen molar-refractivity contribution in [1.29, 1.82) is 0 Å². The second kappa shape index (κ2) is 3.72. The standard InChI is InChI=1S/C13H22N/c1-8(2)13-9(3)11(5)14(7)12(6)10(13)4/h8H,1-7H3/q+1. The lowest BCUT2D eigenvalue weighted by molar-refractivity contribution is -0.684. The largest absolute Gasteiger partial charge is 0.202 e. The van der Waals surface area contributed by atoms with Crippen LogP contribution in [0.1, 0.15) is 47.8 Å². The van der Waals surface area contributed by atoms with E-state index in [4.69, 9.17) is 0 Å². The molecule has 1 heteroatoms. The Morgan fingerprint density at radius 3 is 1.50 bits per heavy atom. The summed E-state index contributed by atoms with van der Waals surface area (Å²) in [4.78, 5) is 0. The van der Waals surface area contributed by atoms with Gasteiger partial charge in [0.25, 0.3) is 0 Å². The Balaban J connectivity index is 3.60. The molecule has 1 heterocycles. The maximum atomic E-state index is 2.29. The summed E-state index contributed by atoms with van der Waals surface area (Å²) >= 11 is 0. The maximum absolute atomic E-state index is 2.29. The molecule has 0 unspecified atom stereocenters. The highest BCUT2D eigenvalue weighted by molar-refractivity contribution is 5.37. The highest BCUT2D eigenvalue weighted by Crippen LogP contribution is 2.25. The SMILES string of the molecule is Cc1c(C(C)C)c(C)c(C)[n+](C)c1C. The summed E-state index contributed by atoms with van der Waals surface area (Å²) in [5, 5.41) is 0. The van der Waals surface area contributed by atoms with Crippen LogP contribution in [0.25, 0.3) is 0 Å². The third-order valence-corrected chi connectivity index (χ3v) is 3.48. The van der Waals surface area contributed by atoms with E-state index in [1.165, 1.54) is 28.1 Å². The Labute approximate surface area is 87.8 Å². The highest BCUT2D eigenvalue weighted by atomic mass is 14.9. The minimum Gasteiger partial charge on any atom is -0.202 e. The van der Waals surface area contributed by atoms with E-state index in [0.717, 1.165) is 0 Å². The van der Waals surface area contributed by atoms with Crippen LogP contribution in [0.4, 0.5) is 0 Å². The van der Waals surface area contributed by atoms with Crippen LogP contribution in [-0.2, 0) is 7.05 Å². The van der Waals surface area contributed by atoms with Gasteiger partial charge in [0, 0.05) is 25.0 Å². The van der Waals surface area contributed by atoms with E-state index in [0.29, 0.717) is 5.92 Å². The Morgan fingerprint density at radius 2 is 1.21 bits per heavy atom. The van der Waals surface area contributed by atoms with Gasteiger partial charge in [0.15, 0.2) is 11.4 Å². The molecule has 0 spiro atoms. The van der Waals surface area contributed by atoms with Gasteiger partial charge in [-0.1, -0.05) is 13.8 Å². The van der Waals surface area contributed by atoms with Gasteiger partial charge < -0.3 is 0 Å². The molecule has 0 amide bonds. The van der Waals surface area contributed by atoms with E-state index in [1.54, 1.807) is 0 Å². The second-order valence-corrected chi connectivity index (χ2v) is 4.55. The number of rotatable bonds is 1. The molecule has 0 aliphatic carbocycles. The molecular weight excluding hydrogens is 170 g/mol. The molecule has 1 aromatic heterocycles. The molecular formula is C13H22N+. The van der Waals surface area contributed by atoms with Crippen molar-refractivity contribution >= 4 is 0 Å². The van der Waals surface area contributed by atoms with Gasteiger partial charge in [-0.05, 0) is 25.3 Å². The fourth-order valence-electron chi connectivity index (χ4n) is 2.29. The summed E-state index contributed by atoms with van der Waals surface area (Å²) in [7, 11) is 2.15. The first-order chi connectivity index (χ1) is 6.37. The van der Waals surface area contributed by atoms with E-state index in [1.807, 2.05) is 0 Å². The Hall–Kier alpha value is -0.850. The lowest BCUT2D eigenvalue weighted by Crippen LogP contribution is -2.38. The average molecular weight is 192 g/mol. The van der Waals surface area contributed by atoms with Crippen LogP contribution < -0.4 is 4.57 Å². The number of hydrogen-bond acceptors (Lipinski definition) is 0. The molecule has 0 saturated heterocycles. The molecule has 0 radical (unpaired) electrons. The summed E-state index contributed by atoms with van der Waals surface area (Å²) < 4.78 is 2.29. The molecule has 0 bridgehead atoms. The Kier molecular flexibility index (Phi) is 2.98. The molecule has 0 fully saturated rings.